The lowest BCUT2D eigenvalue weighted by Crippen LogP contribution is -2.31. The third kappa shape index (κ3) is 4.04. The van der Waals surface area contributed by atoms with E-state index in [1.807, 2.05) is 6.07 Å². The first kappa shape index (κ1) is 21.4. The summed E-state index contributed by atoms with van der Waals surface area (Å²) in [5.41, 5.74) is -0.169. The van der Waals surface area contributed by atoms with Crippen LogP contribution in [0.15, 0.2) is 30.5 Å². The van der Waals surface area contributed by atoms with E-state index in [4.69, 9.17) is 10.00 Å². The molecule has 1 atom stereocenters. The molecular formula is C23H24FN3O4. The van der Waals surface area contributed by atoms with E-state index < -0.39 is 23.6 Å². The largest absolute Gasteiger partial charge is 0.396 e. The number of aliphatic hydroxyl groups is 2. The Labute approximate surface area is 179 Å². The molecule has 2 aromatic rings. The van der Waals surface area contributed by atoms with Crippen LogP contribution >= 0.6 is 0 Å². The molecule has 8 heteroatoms. The first-order valence-electron chi connectivity index (χ1n) is 10.1. The van der Waals surface area contributed by atoms with Crippen LogP contribution in [0.2, 0.25) is 0 Å². The Balaban J connectivity index is 1.70. The van der Waals surface area contributed by atoms with Crippen LogP contribution in [-0.4, -0.2) is 39.2 Å². The molecule has 0 spiro atoms. The Bertz CT molecular complexity index is 1050. The van der Waals surface area contributed by atoms with E-state index in [-0.39, 0.29) is 36.3 Å². The standard InChI is InChI=1S/C23H24FN3O4/c1-22(2,30)15-7-17-19(18(24)8-15)21(31-13-23(12-28)5-6-23)27(20(17)29)11-16-4-3-14(9-25)10-26-16/h3-4,7-8,10,21,28,30H,5-6,11-13H2,1-2H3. The molecule has 0 radical (unpaired) electrons. The SMILES string of the molecule is CC(C)(O)c1cc(F)c2c(c1)C(=O)N(Cc1ccc(C#N)cn1)C2OCC1(CO)CC1. The fourth-order valence-corrected chi connectivity index (χ4v) is 3.68. The molecule has 2 aliphatic rings. The van der Waals surface area contributed by atoms with Crippen molar-refractivity contribution in [3.05, 3.63) is 64.2 Å². The number of aromatic nitrogens is 1. The van der Waals surface area contributed by atoms with Crippen molar-refractivity contribution in [1.29, 1.82) is 5.26 Å². The number of hydrogen-bond acceptors (Lipinski definition) is 6. The van der Waals surface area contributed by atoms with Crippen molar-refractivity contribution in [1.82, 2.24) is 9.88 Å². The second-order valence-corrected chi connectivity index (χ2v) is 8.88. The molecule has 2 heterocycles. The lowest BCUT2D eigenvalue weighted by Gasteiger charge is -2.27. The lowest BCUT2D eigenvalue weighted by molar-refractivity contribution is -0.0676. The normalized spacial score (nSPS) is 19.3. The molecule has 1 aliphatic heterocycles. The van der Waals surface area contributed by atoms with Crippen LogP contribution in [-0.2, 0) is 16.9 Å². The summed E-state index contributed by atoms with van der Waals surface area (Å²) in [5, 5.41) is 28.9. The molecule has 31 heavy (non-hydrogen) atoms. The topological polar surface area (TPSA) is 107 Å². The second kappa shape index (κ2) is 7.68. The maximum absolute atomic E-state index is 15.2. The minimum atomic E-state index is -1.32. The zero-order chi connectivity index (χ0) is 22.4. The number of ether oxygens (including phenoxy) is 1. The summed E-state index contributed by atoms with van der Waals surface area (Å²) in [6, 6.07) is 7.96. The molecule has 1 unspecified atom stereocenters. The maximum Gasteiger partial charge on any atom is 0.257 e. The average Bonchev–Trinajstić information content (AvgIpc) is 3.48. The Morgan fingerprint density at radius 2 is 2.13 bits per heavy atom. The molecule has 0 bridgehead atoms. The summed E-state index contributed by atoms with van der Waals surface area (Å²) in [5.74, 6) is -1.05. The van der Waals surface area contributed by atoms with Crippen LogP contribution in [0.1, 0.15) is 65.7 Å². The number of aliphatic hydroxyl groups excluding tert-OH is 1. The quantitative estimate of drug-likeness (QED) is 0.707. The Kier molecular flexibility index (Phi) is 5.30. The van der Waals surface area contributed by atoms with E-state index >= 15 is 4.39 Å². The number of carbonyl (C=O) groups excluding carboxylic acids is 1. The van der Waals surface area contributed by atoms with Crippen molar-refractivity contribution < 1.29 is 24.1 Å². The van der Waals surface area contributed by atoms with Crippen molar-refractivity contribution in [3.63, 3.8) is 0 Å². The van der Waals surface area contributed by atoms with E-state index in [9.17, 15) is 15.0 Å². The number of pyridine rings is 1. The number of halogens is 1. The average molecular weight is 425 g/mol. The van der Waals surface area contributed by atoms with Crippen molar-refractivity contribution in [2.45, 2.75) is 45.1 Å². The van der Waals surface area contributed by atoms with Gasteiger partial charge in [-0.1, -0.05) is 0 Å². The van der Waals surface area contributed by atoms with Gasteiger partial charge in [0, 0.05) is 17.2 Å². The fraction of sp³-hybridized carbons (Fsp3) is 0.435. The van der Waals surface area contributed by atoms with E-state index in [0.717, 1.165) is 12.8 Å². The van der Waals surface area contributed by atoms with Crippen LogP contribution in [0.5, 0.6) is 0 Å². The molecule has 1 aromatic heterocycles. The van der Waals surface area contributed by atoms with E-state index in [2.05, 4.69) is 4.98 Å². The fourth-order valence-electron chi connectivity index (χ4n) is 3.68. The minimum absolute atomic E-state index is 0.0299. The van der Waals surface area contributed by atoms with Gasteiger partial charge >= 0.3 is 0 Å². The zero-order valence-electron chi connectivity index (χ0n) is 17.4. The van der Waals surface area contributed by atoms with Crippen LogP contribution in [0, 0.1) is 22.6 Å². The molecule has 7 nitrogen and oxygen atoms in total. The Morgan fingerprint density at radius 3 is 2.68 bits per heavy atom. The second-order valence-electron chi connectivity index (χ2n) is 8.88. The molecule has 1 fully saturated rings. The smallest absolute Gasteiger partial charge is 0.257 e. The molecule has 0 saturated heterocycles. The zero-order valence-corrected chi connectivity index (χ0v) is 17.4. The Hall–Kier alpha value is -2.86. The van der Waals surface area contributed by atoms with Crippen LogP contribution in [0.3, 0.4) is 0 Å². The number of fused-ring (bicyclic) bond motifs is 1. The highest BCUT2D eigenvalue weighted by Gasteiger charge is 2.46. The number of rotatable bonds is 7. The van der Waals surface area contributed by atoms with Gasteiger partial charge in [0.15, 0.2) is 6.23 Å². The number of hydrogen-bond donors (Lipinski definition) is 2. The van der Waals surface area contributed by atoms with Gasteiger partial charge < -0.3 is 19.8 Å². The van der Waals surface area contributed by atoms with Gasteiger partial charge in [-0.15, -0.1) is 0 Å². The highest BCUT2D eigenvalue weighted by molar-refractivity contribution is 5.99. The first-order chi connectivity index (χ1) is 14.7. The van der Waals surface area contributed by atoms with Crippen molar-refractivity contribution in [2.24, 2.45) is 5.41 Å². The molecule has 1 aliphatic carbocycles. The molecule has 162 valence electrons. The van der Waals surface area contributed by atoms with Crippen molar-refractivity contribution in [2.75, 3.05) is 13.2 Å². The summed E-state index contributed by atoms with van der Waals surface area (Å²) < 4.78 is 21.2. The van der Waals surface area contributed by atoms with Crippen LogP contribution < -0.4 is 0 Å². The number of benzene rings is 1. The van der Waals surface area contributed by atoms with E-state index in [1.54, 1.807) is 12.1 Å². The number of amides is 1. The molecule has 1 amide bonds. The first-order valence-corrected chi connectivity index (χ1v) is 10.1. The summed E-state index contributed by atoms with van der Waals surface area (Å²) in [6.45, 7) is 3.28. The highest BCUT2D eigenvalue weighted by atomic mass is 19.1. The molecular weight excluding hydrogens is 401 g/mol. The molecule has 1 saturated carbocycles. The van der Waals surface area contributed by atoms with E-state index in [1.165, 1.54) is 37.1 Å². The van der Waals surface area contributed by atoms with Gasteiger partial charge in [-0.2, -0.15) is 5.26 Å². The van der Waals surface area contributed by atoms with Gasteiger partial charge in [0.05, 0.1) is 42.2 Å². The molecule has 4 rings (SSSR count). The van der Waals surface area contributed by atoms with Crippen LogP contribution in [0.25, 0.3) is 0 Å². The monoisotopic (exact) mass is 425 g/mol. The van der Waals surface area contributed by atoms with Gasteiger partial charge in [-0.05, 0) is 56.5 Å². The third-order valence-electron chi connectivity index (χ3n) is 5.98. The van der Waals surface area contributed by atoms with Gasteiger partial charge in [0.25, 0.3) is 5.91 Å². The number of nitriles is 1. The van der Waals surface area contributed by atoms with Gasteiger partial charge in [0.1, 0.15) is 11.9 Å². The summed E-state index contributed by atoms with van der Waals surface area (Å²) >= 11 is 0. The molecule has 1 aromatic carbocycles. The lowest BCUT2D eigenvalue weighted by atomic mass is 9.94. The summed E-state index contributed by atoms with van der Waals surface area (Å²) in [7, 11) is 0. The highest BCUT2D eigenvalue weighted by Crippen LogP contribution is 2.47. The minimum Gasteiger partial charge on any atom is -0.396 e. The van der Waals surface area contributed by atoms with Crippen LogP contribution in [0.4, 0.5) is 4.39 Å². The van der Waals surface area contributed by atoms with Crippen molar-refractivity contribution in [3.8, 4) is 6.07 Å². The predicted octanol–water partition coefficient (Wildman–Crippen LogP) is 2.76. The van der Waals surface area contributed by atoms with Crippen molar-refractivity contribution >= 4 is 5.91 Å². The number of nitrogens with zero attached hydrogens (tertiary/aromatic N) is 3. The molecule has 2 N–H and O–H groups in total. The van der Waals surface area contributed by atoms with Gasteiger partial charge in [0.2, 0.25) is 0 Å². The Morgan fingerprint density at radius 1 is 1.39 bits per heavy atom. The maximum atomic E-state index is 15.2. The summed E-state index contributed by atoms with van der Waals surface area (Å²) in [4.78, 5) is 18.9. The van der Waals surface area contributed by atoms with E-state index in [0.29, 0.717) is 16.8 Å². The predicted molar refractivity (Wildman–Crippen MR) is 108 cm³/mol. The number of carbonyl (C=O) groups is 1. The summed E-state index contributed by atoms with van der Waals surface area (Å²) in [6.07, 6.45) is 2.07. The van der Waals surface area contributed by atoms with Gasteiger partial charge in [-0.25, -0.2) is 4.39 Å². The van der Waals surface area contributed by atoms with Gasteiger partial charge in [-0.3, -0.25) is 9.78 Å². The third-order valence-corrected chi connectivity index (χ3v) is 5.98.